The Morgan fingerprint density at radius 3 is 2.26 bits per heavy atom. The summed E-state index contributed by atoms with van der Waals surface area (Å²) in [5, 5.41) is 7.00. The third-order valence-electron chi connectivity index (χ3n) is 6.63. The van der Waals surface area contributed by atoms with Gasteiger partial charge in [0.1, 0.15) is 39.1 Å². The molecule has 2 aromatic heterocycles. The maximum atomic E-state index is 13.4. The fraction of sp³-hybridized carbons (Fsp3) is 0.393. The van der Waals surface area contributed by atoms with E-state index in [0.717, 1.165) is 5.82 Å². The molecule has 1 fully saturated rings. The third-order valence-corrected chi connectivity index (χ3v) is 8.92. The number of ether oxygens (including phenoxy) is 4. The van der Waals surface area contributed by atoms with Crippen LogP contribution in [0.25, 0.3) is 21.5 Å². The lowest BCUT2D eigenvalue weighted by molar-refractivity contribution is 0.0240. The molecule has 0 bridgehead atoms. The zero-order valence-corrected chi connectivity index (χ0v) is 26.3. The number of benzene rings is 2. The Labute approximate surface area is 253 Å². The van der Waals surface area contributed by atoms with Gasteiger partial charge in [-0.1, -0.05) is 11.2 Å². The highest BCUT2D eigenvalue weighted by molar-refractivity contribution is 7.93. The lowest BCUT2D eigenvalue weighted by Crippen LogP contribution is -2.50. The second-order valence-corrected chi connectivity index (χ2v) is 13.1. The van der Waals surface area contributed by atoms with Crippen molar-refractivity contribution < 1.29 is 36.7 Å². The van der Waals surface area contributed by atoms with Crippen molar-refractivity contribution in [3.63, 3.8) is 0 Å². The van der Waals surface area contributed by atoms with Crippen LogP contribution < -0.4 is 23.8 Å². The molecular weight excluding hydrogens is 598 g/mol. The average molecular weight is 632 g/mol. The summed E-state index contributed by atoms with van der Waals surface area (Å²) in [4.78, 5) is 20.9. The van der Waals surface area contributed by atoms with E-state index in [-0.39, 0.29) is 28.3 Å². The van der Waals surface area contributed by atoms with E-state index < -0.39 is 15.6 Å². The van der Waals surface area contributed by atoms with Crippen LogP contribution in [0.3, 0.4) is 0 Å². The van der Waals surface area contributed by atoms with Gasteiger partial charge in [-0.25, -0.2) is 18.2 Å². The Morgan fingerprint density at radius 1 is 1.00 bits per heavy atom. The van der Waals surface area contributed by atoms with Crippen molar-refractivity contribution >= 4 is 50.1 Å². The van der Waals surface area contributed by atoms with Gasteiger partial charge in [0.15, 0.2) is 16.3 Å². The molecule has 2 aromatic carbocycles. The molecule has 0 radical (unpaired) electrons. The van der Waals surface area contributed by atoms with Gasteiger partial charge in [0, 0.05) is 37.1 Å². The Kier molecular flexibility index (Phi) is 8.29. The number of methoxy groups -OCH3 is 3. The van der Waals surface area contributed by atoms with Crippen LogP contribution in [0.15, 0.2) is 45.1 Å². The van der Waals surface area contributed by atoms with E-state index in [1.165, 1.54) is 44.8 Å². The molecule has 15 heteroatoms. The molecule has 0 unspecified atom stereocenters. The van der Waals surface area contributed by atoms with Crippen molar-refractivity contribution in [2.75, 3.05) is 57.1 Å². The van der Waals surface area contributed by atoms with Crippen LogP contribution in [-0.2, 0) is 14.8 Å². The molecule has 1 saturated heterocycles. The number of hydrogen-bond acceptors (Lipinski definition) is 12. The molecule has 43 heavy (non-hydrogen) atoms. The van der Waals surface area contributed by atoms with Crippen molar-refractivity contribution in [1.29, 1.82) is 0 Å². The number of carbonyl (C=O) groups is 1. The minimum absolute atomic E-state index is 0.0472. The Bertz CT molecular complexity index is 1720. The largest absolute Gasteiger partial charge is 0.496 e. The molecule has 0 saturated carbocycles. The molecular formula is C28H33N5O8S2. The number of nitrogens with one attached hydrogen (secondary N) is 1. The van der Waals surface area contributed by atoms with Crippen LogP contribution in [0.2, 0.25) is 0 Å². The molecule has 3 heterocycles. The van der Waals surface area contributed by atoms with E-state index in [1.807, 2.05) is 26.2 Å². The number of carbonyl (C=O) groups excluding carboxylic acids is 1. The first-order valence-electron chi connectivity index (χ1n) is 13.3. The van der Waals surface area contributed by atoms with E-state index in [2.05, 4.69) is 14.8 Å². The molecule has 0 atom stereocenters. The van der Waals surface area contributed by atoms with Gasteiger partial charge >= 0.3 is 6.09 Å². The number of sulfonamides is 1. The number of amides is 1. The predicted octanol–water partition coefficient (Wildman–Crippen LogP) is 4.84. The number of nitrogens with zero attached hydrogens (tertiary/aromatic N) is 4. The molecule has 230 valence electrons. The molecule has 0 aliphatic carbocycles. The molecule has 1 N–H and O–H groups in total. The van der Waals surface area contributed by atoms with Crippen LogP contribution in [0.4, 0.5) is 16.4 Å². The Balaban J connectivity index is 1.37. The molecule has 13 nitrogen and oxygen atoms in total. The van der Waals surface area contributed by atoms with Gasteiger partial charge in [-0.05, 0) is 45.0 Å². The summed E-state index contributed by atoms with van der Waals surface area (Å²) in [6.07, 6.45) is -0.317. The van der Waals surface area contributed by atoms with Crippen molar-refractivity contribution in [2.24, 2.45) is 0 Å². The summed E-state index contributed by atoms with van der Waals surface area (Å²) >= 11 is 1.45. The first kappa shape index (κ1) is 30.2. The normalized spacial score (nSPS) is 14.1. The quantitative estimate of drug-likeness (QED) is 0.285. The second-order valence-electron chi connectivity index (χ2n) is 10.6. The molecule has 1 aliphatic rings. The van der Waals surface area contributed by atoms with Gasteiger partial charge in [-0.3, -0.25) is 4.72 Å². The maximum Gasteiger partial charge on any atom is 0.410 e. The standard InChI is InChI=1S/C28H33N5O8S2/c1-28(2,3)40-27(34)33-12-10-32(11-13-33)22-16-42-26(29-22)17-14-20(39-6)23-21(15-17)41-30-25(23)31-43(35,36)24-18(37-4)8-7-9-19(24)38-5/h7-9,14-16H,10-13H2,1-6H3,(H,30,31). The summed E-state index contributed by atoms with van der Waals surface area (Å²) < 4.78 is 56.5. The molecule has 0 spiro atoms. The zero-order chi connectivity index (χ0) is 30.9. The molecule has 1 aliphatic heterocycles. The third kappa shape index (κ3) is 6.27. The zero-order valence-electron chi connectivity index (χ0n) is 24.7. The summed E-state index contributed by atoms with van der Waals surface area (Å²) in [6.45, 7) is 7.84. The van der Waals surface area contributed by atoms with Crippen LogP contribution in [0, 0.1) is 0 Å². The maximum absolute atomic E-state index is 13.4. The molecule has 4 aromatic rings. The number of hydrogen-bond donors (Lipinski definition) is 1. The van der Waals surface area contributed by atoms with E-state index in [4.69, 9.17) is 28.5 Å². The minimum Gasteiger partial charge on any atom is -0.496 e. The minimum atomic E-state index is -4.20. The van der Waals surface area contributed by atoms with E-state index in [9.17, 15) is 13.2 Å². The lowest BCUT2D eigenvalue weighted by Gasteiger charge is -2.35. The highest BCUT2D eigenvalue weighted by Crippen LogP contribution is 2.40. The first-order valence-corrected chi connectivity index (χ1v) is 15.7. The summed E-state index contributed by atoms with van der Waals surface area (Å²) in [5.74, 6) is 1.31. The van der Waals surface area contributed by atoms with Crippen molar-refractivity contribution in [1.82, 2.24) is 15.0 Å². The van der Waals surface area contributed by atoms with Crippen molar-refractivity contribution in [3.8, 4) is 27.8 Å². The van der Waals surface area contributed by atoms with Crippen molar-refractivity contribution in [2.45, 2.75) is 31.3 Å². The Hall–Kier alpha value is -4.24. The highest BCUT2D eigenvalue weighted by Gasteiger charge is 2.29. The van der Waals surface area contributed by atoms with Gasteiger partial charge in [-0.15, -0.1) is 11.3 Å². The molecule has 1 amide bonds. The Morgan fingerprint density at radius 2 is 1.65 bits per heavy atom. The summed E-state index contributed by atoms with van der Waals surface area (Å²) in [7, 11) is 0.0211. The number of rotatable bonds is 8. The van der Waals surface area contributed by atoms with Crippen LogP contribution in [0.5, 0.6) is 17.2 Å². The number of fused-ring (bicyclic) bond motifs is 1. The lowest BCUT2D eigenvalue weighted by atomic mass is 10.1. The van der Waals surface area contributed by atoms with Crippen LogP contribution >= 0.6 is 11.3 Å². The highest BCUT2D eigenvalue weighted by atomic mass is 32.2. The number of anilines is 2. The fourth-order valence-corrected chi connectivity index (χ4v) is 6.79. The van der Waals surface area contributed by atoms with Gasteiger partial charge in [0.2, 0.25) is 0 Å². The van der Waals surface area contributed by atoms with E-state index in [1.54, 1.807) is 23.1 Å². The number of aromatic nitrogens is 2. The SMILES string of the molecule is COc1cccc(OC)c1S(=O)(=O)Nc1noc2cc(-c3nc(N4CCN(C(=O)OC(C)(C)C)CC4)cs3)cc(OC)c12. The fourth-order valence-electron chi connectivity index (χ4n) is 4.64. The van der Waals surface area contributed by atoms with E-state index >= 15 is 0 Å². The monoisotopic (exact) mass is 631 g/mol. The van der Waals surface area contributed by atoms with Gasteiger partial charge in [0.05, 0.1) is 21.3 Å². The van der Waals surface area contributed by atoms with Crippen molar-refractivity contribution in [3.05, 3.63) is 35.7 Å². The predicted molar refractivity (Wildman–Crippen MR) is 162 cm³/mol. The summed E-state index contributed by atoms with van der Waals surface area (Å²) in [6, 6.07) is 8.16. The number of thiazole rings is 1. The van der Waals surface area contributed by atoms with Crippen LogP contribution in [0.1, 0.15) is 20.8 Å². The number of piperazine rings is 1. The van der Waals surface area contributed by atoms with Gasteiger partial charge < -0.3 is 33.3 Å². The van der Waals surface area contributed by atoms with Crippen LogP contribution in [-0.4, -0.2) is 82.7 Å². The summed E-state index contributed by atoms with van der Waals surface area (Å²) in [5.41, 5.74) is 0.476. The second kappa shape index (κ2) is 11.8. The average Bonchev–Trinajstić information content (AvgIpc) is 3.63. The smallest absolute Gasteiger partial charge is 0.410 e. The molecule has 5 rings (SSSR count). The van der Waals surface area contributed by atoms with Gasteiger partial charge in [0.25, 0.3) is 10.0 Å². The topological polar surface area (TPSA) is 146 Å². The van der Waals surface area contributed by atoms with E-state index in [0.29, 0.717) is 53.5 Å². The first-order chi connectivity index (χ1) is 20.4. The van der Waals surface area contributed by atoms with Gasteiger partial charge in [-0.2, -0.15) is 0 Å².